The highest BCUT2D eigenvalue weighted by atomic mass is 16.1. The number of hydrogen-bond acceptors (Lipinski definition) is 5. The molecule has 2 aromatic heterocycles. The van der Waals surface area contributed by atoms with Crippen LogP contribution in [0.25, 0.3) is 16.6 Å². The summed E-state index contributed by atoms with van der Waals surface area (Å²) in [6.45, 7) is 10.2. The van der Waals surface area contributed by atoms with E-state index in [1.807, 2.05) is 23.7 Å². The van der Waals surface area contributed by atoms with Crippen LogP contribution in [0.2, 0.25) is 0 Å². The summed E-state index contributed by atoms with van der Waals surface area (Å²) >= 11 is 0. The number of anilines is 1. The van der Waals surface area contributed by atoms with Crippen molar-refractivity contribution in [2.75, 3.05) is 18.0 Å². The molecule has 4 aromatic rings. The summed E-state index contributed by atoms with van der Waals surface area (Å²) in [4.78, 5) is 15.2. The molecule has 7 heteroatoms. The summed E-state index contributed by atoms with van der Waals surface area (Å²) in [6.07, 6.45) is 1.80. The maximum Gasteiger partial charge on any atom is 0.225 e. The number of amides is 1. The van der Waals surface area contributed by atoms with Crippen molar-refractivity contribution in [2.24, 2.45) is 5.92 Å². The van der Waals surface area contributed by atoms with Gasteiger partial charge in [-0.05, 0) is 63.8 Å². The zero-order chi connectivity index (χ0) is 24.5. The summed E-state index contributed by atoms with van der Waals surface area (Å²) in [7, 11) is 0. The topological polar surface area (TPSA) is 75.9 Å². The second-order valence-electron chi connectivity index (χ2n) is 9.59. The van der Waals surface area contributed by atoms with Crippen LogP contribution in [0.4, 0.5) is 5.82 Å². The molecule has 1 atom stereocenters. The molecule has 2 aromatic carbocycles. The predicted molar refractivity (Wildman–Crippen MR) is 139 cm³/mol. The molecule has 3 heterocycles. The van der Waals surface area contributed by atoms with Gasteiger partial charge in [-0.15, -0.1) is 5.10 Å². The lowest BCUT2D eigenvalue weighted by atomic mass is 9.96. The Morgan fingerprint density at radius 3 is 2.57 bits per heavy atom. The fraction of sp³-hybridized carbons (Fsp3) is 0.357. The van der Waals surface area contributed by atoms with Crippen molar-refractivity contribution < 1.29 is 4.79 Å². The van der Waals surface area contributed by atoms with Gasteiger partial charge in [-0.2, -0.15) is 10.2 Å². The molecule has 180 valence electrons. The van der Waals surface area contributed by atoms with Gasteiger partial charge in [0, 0.05) is 19.6 Å². The Bertz CT molecular complexity index is 1370. The van der Waals surface area contributed by atoms with Crippen molar-refractivity contribution in [3.8, 4) is 5.69 Å². The van der Waals surface area contributed by atoms with Crippen molar-refractivity contribution in [1.82, 2.24) is 25.3 Å². The van der Waals surface area contributed by atoms with Crippen LogP contribution in [0.15, 0.2) is 48.5 Å². The van der Waals surface area contributed by atoms with Crippen LogP contribution < -0.4 is 10.2 Å². The third-order valence-corrected chi connectivity index (χ3v) is 7.07. The lowest BCUT2D eigenvalue weighted by Gasteiger charge is -2.32. The van der Waals surface area contributed by atoms with Gasteiger partial charge < -0.3 is 10.2 Å². The van der Waals surface area contributed by atoms with Crippen LogP contribution in [-0.4, -0.2) is 39.0 Å². The Morgan fingerprint density at radius 1 is 1.03 bits per heavy atom. The van der Waals surface area contributed by atoms with E-state index in [-0.39, 0.29) is 11.8 Å². The summed E-state index contributed by atoms with van der Waals surface area (Å²) in [5.74, 6) is 0.762. The molecule has 0 saturated carbocycles. The maximum atomic E-state index is 13.1. The molecule has 0 aliphatic carbocycles. The van der Waals surface area contributed by atoms with Crippen molar-refractivity contribution in [3.05, 3.63) is 76.6 Å². The molecule has 1 amide bonds. The van der Waals surface area contributed by atoms with E-state index in [0.717, 1.165) is 58.7 Å². The zero-order valence-corrected chi connectivity index (χ0v) is 20.9. The molecule has 1 unspecified atom stereocenters. The van der Waals surface area contributed by atoms with Crippen LogP contribution >= 0.6 is 0 Å². The molecule has 7 nitrogen and oxygen atoms in total. The van der Waals surface area contributed by atoms with Gasteiger partial charge in [0.15, 0.2) is 5.82 Å². The molecule has 1 fully saturated rings. The van der Waals surface area contributed by atoms with Crippen molar-refractivity contribution >= 4 is 22.6 Å². The Morgan fingerprint density at radius 2 is 1.80 bits per heavy atom. The number of hydrogen-bond donors (Lipinski definition) is 1. The Hall–Kier alpha value is -3.74. The molecule has 1 saturated heterocycles. The van der Waals surface area contributed by atoms with Crippen LogP contribution in [0.5, 0.6) is 0 Å². The van der Waals surface area contributed by atoms with Crippen LogP contribution in [-0.2, 0) is 11.3 Å². The van der Waals surface area contributed by atoms with E-state index < -0.39 is 0 Å². The molecule has 0 spiro atoms. The molecule has 0 bridgehead atoms. The quantitative estimate of drug-likeness (QED) is 0.464. The maximum absolute atomic E-state index is 13.1. The lowest BCUT2D eigenvalue weighted by Crippen LogP contribution is -2.43. The van der Waals surface area contributed by atoms with E-state index in [9.17, 15) is 4.79 Å². The van der Waals surface area contributed by atoms with Crippen molar-refractivity contribution in [3.63, 3.8) is 0 Å². The number of nitrogens with zero attached hydrogens (tertiary/aromatic N) is 5. The minimum atomic E-state index is -0.0915. The molecule has 1 aliphatic rings. The molecule has 35 heavy (non-hydrogen) atoms. The summed E-state index contributed by atoms with van der Waals surface area (Å²) in [5, 5.41) is 18.2. The third kappa shape index (κ3) is 4.50. The smallest absolute Gasteiger partial charge is 0.225 e. The zero-order valence-electron chi connectivity index (χ0n) is 20.9. The van der Waals surface area contributed by atoms with Crippen LogP contribution in [0, 0.1) is 33.6 Å². The van der Waals surface area contributed by atoms with E-state index in [1.165, 1.54) is 11.1 Å². The van der Waals surface area contributed by atoms with Gasteiger partial charge >= 0.3 is 0 Å². The van der Waals surface area contributed by atoms with Gasteiger partial charge in [0.05, 0.1) is 28.4 Å². The molecule has 0 radical (unpaired) electrons. The monoisotopic (exact) mass is 468 g/mol. The standard InChI is InChI=1S/C28H32N6O/c1-18-11-13-24(14-12-18)34-21(4)25-20(3)30-31-27(26(25)32-34)33-15-7-10-23(17-33)28(35)29-16-22-9-6-5-8-19(22)2/h5-6,8-9,11-14,23H,7,10,15-17H2,1-4H3,(H,29,35). The van der Waals surface area contributed by atoms with E-state index >= 15 is 0 Å². The Kier molecular flexibility index (Phi) is 6.24. The highest BCUT2D eigenvalue weighted by Gasteiger charge is 2.29. The average molecular weight is 469 g/mol. The number of aromatic nitrogens is 4. The minimum absolute atomic E-state index is 0.0915. The molecule has 5 rings (SSSR count). The first-order chi connectivity index (χ1) is 16.9. The summed E-state index contributed by atoms with van der Waals surface area (Å²) in [6, 6.07) is 16.5. The van der Waals surface area contributed by atoms with Gasteiger partial charge in [0.25, 0.3) is 0 Å². The normalized spacial score (nSPS) is 16.0. The third-order valence-electron chi connectivity index (χ3n) is 7.07. The van der Waals surface area contributed by atoms with Gasteiger partial charge in [0.2, 0.25) is 5.91 Å². The Labute approximate surface area is 206 Å². The first-order valence-corrected chi connectivity index (χ1v) is 12.3. The van der Waals surface area contributed by atoms with Crippen molar-refractivity contribution in [2.45, 2.75) is 47.1 Å². The number of fused-ring (bicyclic) bond motifs is 1. The fourth-order valence-corrected chi connectivity index (χ4v) is 4.98. The summed E-state index contributed by atoms with van der Waals surface area (Å²) in [5.41, 5.74) is 7.32. The van der Waals surface area contributed by atoms with E-state index in [4.69, 9.17) is 5.10 Å². The first kappa shape index (κ1) is 23.0. The number of carbonyl (C=O) groups is 1. The number of carbonyl (C=O) groups excluding carboxylic acids is 1. The minimum Gasteiger partial charge on any atom is -0.352 e. The fourth-order valence-electron chi connectivity index (χ4n) is 4.98. The van der Waals surface area contributed by atoms with Gasteiger partial charge in [-0.25, -0.2) is 4.68 Å². The first-order valence-electron chi connectivity index (χ1n) is 12.3. The van der Waals surface area contributed by atoms with Crippen LogP contribution in [0.1, 0.15) is 40.9 Å². The number of benzene rings is 2. The van der Waals surface area contributed by atoms with Gasteiger partial charge in [-0.3, -0.25) is 4.79 Å². The number of rotatable bonds is 5. The SMILES string of the molecule is Cc1ccc(-n2nc3c(N4CCCC(C(=O)NCc5ccccc5C)C4)nnc(C)c3c2C)cc1. The molecule has 1 N–H and O–H groups in total. The van der Waals surface area contributed by atoms with E-state index in [2.05, 4.69) is 77.6 Å². The molecular weight excluding hydrogens is 436 g/mol. The summed E-state index contributed by atoms with van der Waals surface area (Å²) < 4.78 is 1.97. The Balaban J connectivity index is 1.40. The van der Waals surface area contributed by atoms with Crippen molar-refractivity contribution in [1.29, 1.82) is 0 Å². The second-order valence-corrected chi connectivity index (χ2v) is 9.59. The largest absolute Gasteiger partial charge is 0.352 e. The van der Waals surface area contributed by atoms with E-state index in [1.54, 1.807) is 0 Å². The number of aryl methyl sites for hydroxylation is 4. The van der Waals surface area contributed by atoms with Crippen LogP contribution in [0.3, 0.4) is 0 Å². The molecular formula is C28H32N6O. The lowest BCUT2D eigenvalue weighted by molar-refractivity contribution is -0.125. The molecule has 1 aliphatic heterocycles. The number of piperidine rings is 1. The average Bonchev–Trinajstić information content (AvgIpc) is 3.22. The van der Waals surface area contributed by atoms with E-state index in [0.29, 0.717) is 13.1 Å². The van der Waals surface area contributed by atoms with Gasteiger partial charge in [-0.1, -0.05) is 42.0 Å². The van der Waals surface area contributed by atoms with Gasteiger partial charge in [0.1, 0.15) is 5.52 Å². The highest BCUT2D eigenvalue weighted by Crippen LogP contribution is 2.31. The second kappa shape index (κ2) is 9.49. The number of nitrogens with one attached hydrogen (secondary N) is 1. The highest BCUT2D eigenvalue weighted by molar-refractivity contribution is 5.92. The predicted octanol–water partition coefficient (Wildman–Crippen LogP) is 4.58.